The number of rotatable bonds is 6. The number of benzene rings is 1. The van der Waals surface area contributed by atoms with Crippen LogP contribution in [-0.4, -0.2) is 37.7 Å². The van der Waals surface area contributed by atoms with Crippen LogP contribution in [0.15, 0.2) is 63.5 Å². The van der Waals surface area contributed by atoms with E-state index in [1.165, 1.54) is 27.0 Å². The molecule has 0 atom stereocenters. The highest BCUT2D eigenvalue weighted by Gasteiger charge is 2.33. The molecular formula is C21H20N2O5S3. The molecule has 3 aromatic rings. The standard InChI is InChI=1S/C21H20N2O5S3/c24-20(18-3-1-13-29-18)22-16-5-7-17(8-6-16)28-21(25)15-9-11-23(12-10-15)31(26,27)19-4-2-14-30-19/h1-8,13-15H,9-12H2,(H,22,24). The van der Waals surface area contributed by atoms with Gasteiger partial charge in [-0.3, -0.25) is 9.59 Å². The molecule has 0 aliphatic carbocycles. The number of piperidine rings is 1. The van der Waals surface area contributed by atoms with Crippen LogP contribution in [0, 0.1) is 5.92 Å². The lowest BCUT2D eigenvalue weighted by atomic mass is 9.98. The maximum absolute atomic E-state index is 12.6. The van der Waals surface area contributed by atoms with Crippen LogP contribution < -0.4 is 10.1 Å². The lowest BCUT2D eigenvalue weighted by Crippen LogP contribution is -2.40. The SMILES string of the molecule is O=C(Nc1ccc(OC(=O)C2CCN(S(=O)(=O)c3cccs3)CC2)cc1)c1cccs1. The van der Waals surface area contributed by atoms with Crippen molar-refractivity contribution in [3.8, 4) is 5.75 Å². The smallest absolute Gasteiger partial charge is 0.314 e. The maximum Gasteiger partial charge on any atom is 0.314 e. The average molecular weight is 477 g/mol. The fourth-order valence-electron chi connectivity index (χ4n) is 3.28. The number of hydrogen-bond donors (Lipinski definition) is 1. The summed E-state index contributed by atoms with van der Waals surface area (Å²) in [4.78, 5) is 25.2. The third-order valence-electron chi connectivity index (χ3n) is 4.95. The minimum atomic E-state index is -3.49. The fraction of sp³-hybridized carbons (Fsp3) is 0.238. The van der Waals surface area contributed by atoms with Gasteiger partial charge in [-0.15, -0.1) is 22.7 Å². The van der Waals surface area contributed by atoms with Gasteiger partial charge in [0.25, 0.3) is 15.9 Å². The van der Waals surface area contributed by atoms with Crippen LogP contribution in [-0.2, 0) is 14.8 Å². The third-order valence-corrected chi connectivity index (χ3v) is 9.09. The van der Waals surface area contributed by atoms with E-state index in [1.54, 1.807) is 47.8 Å². The van der Waals surface area contributed by atoms with Gasteiger partial charge in [0.05, 0.1) is 10.8 Å². The molecule has 0 unspecified atom stereocenters. The topological polar surface area (TPSA) is 92.8 Å². The van der Waals surface area contributed by atoms with Gasteiger partial charge in [-0.05, 0) is 60.0 Å². The van der Waals surface area contributed by atoms with Crippen molar-refractivity contribution in [3.05, 3.63) is 64.2 Å². The molecule has 2 aromatic heterocycles. The highest BCUT2D eigenvalue weighted by Crippen LogP contribution is 2.27. The number of amides is 1. The Balaban J connectivity index is 1.29. The molecule has 0 bridgehead atoms. The van der Waals surface area contributed by atoms with Crippen molar-refractivity contribution >= 4 is 50.3 Å². The molecule has 7 nitrogen and oxygen atoms in total. The van der Waals surface area contributed by atoms with Crippen molar-refractivity contribution in [2.75, 3.05) is 18.4 Å². The Morgan fingerprint density at radius 3 is 2.26 bits per heavy atom. The number of thiophene rings is 2. The first-order valence-electron chi connectivity index (χ1n) is 9.64. The average Bonchev–Trinajstić information content (AvgIpc) is 3.50. The van der Waals surface area contributed by atoms with Gasteiger partial charge in [0, 0.05) is 18.8 Å². The lowest BCUT2D eigenvalue weighted by molar-refractivity contribution is -0.140. The van der Waals surface area contributed by atoms with Crippen molar-refractivity contribution in [3.63, 3.8) is 0 Å². The second-order valence-corrected chi connectivity index (χ2v) is 11.0. The van der Waals surface area contributed by atoms with Gasteiger partial charge in [-0.1, -0.05) is 12.1 Å². The van der Waals surface area contributed by atoms with Crippen molar-refractivity contribution in [2.24, 2.45) is 5.92 Å². The van der Waals surface area contributed by atoms with Crippen LogP contribution in [0.2, 0.25) is 0 Å². The van der Waals surface area contributed by atoms with E-state index in [9.17, 15) is 18.0 Å². The normalized spacial score (nSPS) is 15.5. The van der Waals surface area contributed by atoms with Crippen LogP contribution >= 0.6 is 22.7 Å². The minimum absolute atomic E-state index is 0.191. The van der Waals surface area contributed by atoms with Gasteiger partial charge in [0.2, 0.25) is 0 Å². The van der Waals surface area contributed by atoms with Crippen molar-refractivity contribution in [1.82, 2.24) is 4.31 Å². The first-order valence-corrected chi connectivity index (χ1v) is 12.8. The van der Waals surface area contributed by atoms with E-state index in [-0.39, 0.29) is 30.9 Å². The van der Waals surface area contributed by atoms with Crippen molar-refractivity contribution < 1.29 is 22.7 Å². The summed E-state index contributed by atoms with van der Waals surface area (Å²) in [5.74, 6) is -0.534. The predicted octanol–water partition coefficient (Wildman–Crippen LogP) is 4.07. The molecule has 1 aliphatic heterocycles. The predicted molar refractivity (Wildman–Crippen MR) is 120 cm³/mol. The van der Waals surface area contributed by atoms with E-state index in [1.807, 2.05) is 11.4 Å². The monoisotopic (exact) mass is 476 g/mol. The molecule has 0 saturated carbocycles. The molecule has 0 spiro atoms. The number of nitrogens with zero attached hydrogens (tertiary/aromatic N) is 1. The number of ether oxygens (including phenoxy) is 1. The number of sulfonamides is 1. The Hall–Kier alpha value is -2.53. The largest absolute Gasteiger partial charge is 0.426 e. The van der Waals surface area contributed by atoms with Crippen LogP contribution in [0.5, 0.6) is 5.75 Å². The highest BCUT2D eigenvalue weighted by atomic mass is 32.2. The summed E-state index contributed by atoms with van der Waals surface area (Å²) in [6.07, 6.45) is 0.830. The zero-order valence-electron chi connectivity index (χ0n) is 16.4. The summed E-state index contributed by atoms with van der Waals surface area (Å²) in [6, 6.07) is 13.4. The Labute approximate surface area is 188 Å². The fourth-order valence-corrected chi connectivity index (χ4v) is 6.51. The van der Waals surface area contributed by atoms with Gasteiger partial charge in [0.1, 0.15) is 9.96 Å². The number of carbonyl (C=O) groups excluding carboxylic acids is 2. The summed E-state index contributed by atoms with van der Waals surface area (Å²) in [5.41, 5.74) is 0.602. The Morgan fingerprint density at radius 2 is 1.65 bits per heavy atom. The van der Waals surface area contributed by atoms with E-state index in [0.717, 1.165) is 0 Å². The molecular weight excluding hydrogens is 456 g/mol. The van der Waals surface area contributed by atoms with Gasteiger partial charge in [-0.25, -0.2) is 8.42 Å². The lowest BCUT2D eigenvalue weighted by Gasteiger charge is -2.29. The molecule has 3 heterocycles. The Bertz CT molecular complexity index is 1130. The number of hydrogen-bond acceptors (Lipinski definition) is 7. The molecule has 0 radical (unpaired) electrons. The number of nitrogens with one attached hydrogen (secondary N) is 1. The van der Waals surface area contributed by atoms with E-state index < -0.39 is 10.0 Å². The van der Waals surface area contributed by atoms with E-state index in [0.29, 0.717) is 33.4 Å². The number of esters is 1. The second-order valence-electron chi connectivity index (χ2n) is 6.99. The van der Waals surface area contributed by atoms with Gasteiger partial charge in [-0.2, -0.15) is 4.31 Å². The Kier molecular flexibility index (Phi) is 6.51. The van der Waals surface area contributed by atoms with E-state index in [4.69, 9.17) is 4.74 Å². The molecule has 4 rings (SSSR count). The van der Waals surface area contributed by atoms with Crippen molar-refractivity contribution in [1.29, 1.82) is 0 Å². The molecule has 1 fully saturated rings. The van der Waals surface area contributed by atoms with Crippen LogP contribution in [0.3, 0.4) is 0 Å². The molecule has 1 aromatic carbocycles. The molecule has 31 heavy (non-hydrogen) atoms. The van der Waals surface area contributed by atoms with Crippen LogP contribution in [0.25, 0.3) is 0 Å². The first kappa shape index (κ1) is 21.7. The van der Waals surface area contributed by atoms with E-state index in [2.05, 4.69) is 5.32 Å². The maximum atomic E-state index is 12.6. The quantitative estimate of drug-likeness (QED) is 0.428. The number of anilines is 1. The van der Waals surface area contributed by atoms with E-state index >= 15 is 0 Å². The minimum Gasteiger partial charge on any atom is -0.426 e. The second kappa shape index (κ2) is 9.31. The van der Waals surface area contributed by atoms with Crippen molar-refractivity contribution in [2.45, 2.75) is 17.1 Å². The number of carbonyl (C=O) groups is 2. The zero-order valence-corrected chi connectivity index (χ0v) is 18.8. The third kappa shape index (κ3) is 5.04. The van der Waals surface area contributed by atoms with Gasteiger partial charge < -0.3 is 10.1 Å². The summed E-state index contributed by atoms with van der Waals surface area (Å²) < 4.78 is 32.4. The summed E-state index contributed by atoms with van der Waals surface area (Å²) in [6.45, 7) is 0.571. The van der Waals surface area contributed by atoms with Gasteiger partial charge >= 0.3 is 5.97 Å². The van der Waals surface area contributed by atoms with Gasteiger partial charge in [0.15, 0.2) is 0 Å². The summed E-state index contributed by atoms with van der Waals surface area (Å²) >= 11 is 2.55. The zero-order chi connectivity index (χ0) is 21.8. The Morgan fingerprint density at radius 1 is 0.968 bits per heavy atom. The molecule has 1 amide bonds. The molecule has 1 saturated heterocycles. The first-order chi connectivity index (χ1) is 14.9. The molecule has 1 aliphatic rings. The molecule has 1 N–H and O–H groups in total. The van der Waals surface area contributed by atoms with Crippen LogP contribution in [0.4, 0.5) is 5.69 Å². The highest BCUT2D eigenvalue weighted by molar-refractivity contribution is 7.91. The summed E-state index contributed by atoms with van der Waals surface area (Å²) in [5, 5.41) is 6.35. The summed E-state index contributed by atoms with van der Waals surface area (Å²) in [7, 11) is -3.49. The molecule has 162 valence electrons. The molecule has 10 heteroatoms. The van der Waals surface area contributed by atoms with Crippen LogP contribution in [0.1, 0.15) is 22.5 Å².